The summed E-state index contributed by atoms with van der Waals surface area (Å²) >= 11 is 0. The van der Waals surface area contributed by atoms with Crippen molar-refractivity contribution in [1.82, 2.24) is 0 Å². The first-order chi connectivity index (χ1) is 9.12. The Bertz CT molecular complexity index is 411. The van der Waals surface area contributed by atoms with Crippen LogP contribution in [0.3, 0.4) is 0 Å². The van der Waals surface area contributed by atoms with Gasteiger partial charge in [-0.05, 0) is 50.2 Å². The van der Waals surface area contributed by atoms with Crippen LogP contribution in [0.4, 0.5) is 0 Å². The van der Waals surface area contributed by atoms with Gasteiger partial charge in [0, 0.05) is 6.61 Å². The fraction of sp³-hybridized carbons (Fsp3) is 0.647. The Hall–Kier alpha value is -0.860. The van der Waals surface area contributed by atoms with Crippen molar-refractivity contribution in [2.24, 2.45) is 0 Å². The van der Waals surface area contributed by atoms with Crippen molar-refractivity contribution in [2.45, 2.75) is 64.1 Å². The van der Waals surface area contributed by atoms with Crippen molar-refractivity contribution in [3.05, 3.63) is 35.4 Å². The molecule has 2 atom stereocenters. The lowest BCUT2D eigenvalue weighted by Gasteiger charge is -2.36. The summed E-state index contributed by atoms with van der Waals surface area (Å²) in [5.74, 6) is 0.633. The normalized spacial score (nSPS) is 20.6. The maximum atomic E-state index is 10.8. The van der Waals surface area contributed by atoms with E-state index in [9.17, 15) is 5.11 Å². The van der Waals surface area contributed by atoms with Crippen LogP contribution in [-0.4, -0.2) is 17.3 Å². The Labute approximate surface area is 116 Å². The van der Waals surface area contributed by atoms with Gasteiger partial charge < -0.3 is 9.84 Å². The Morgan fingerprint density at radius 3 is 2.53 bits per heavy atom. The highest BCUT2D eigenvalue weighted by Gasteiger charge is 2.35. The van der Waals surface area contributed by atoms with Crippen molar-refractivity contribution in [3.8, 4) is 0 Å². The van der Waals surface area contributed by atoms with Crippen LogP contribution in [0.5, 0.6) is 0 Å². The van der Waals surface area contributed by atoms with Gasteiger partial charge in [0.05, 0.1) is 5.60 Å². The standard InChI is InChI=1S/C17H26O2/c1-4-17(3,19-5-2)16(18)15-12-7-6-11-14(15)13-9-8-10-13/h6-7,11-13,16,18H,4-5,8-10H2,1-3H3. The second kappa shape index (κ2) is 6.06. The van der Waals surface area contributed by atoms with Gasteiger partial charge in [0.25, 0.3) is 0 Å². The van der Waals surface area contributed by atoms with Gasteiger partial charge in [0.15, 0.2) is 0 Å². The van der Waals surface area contributed by atoms with E-state index in [4.69, 9.17) is 4.74 Å². The molecule has 2 rings (SSSR count). The van der Waals surface area contributed by atoms with E-state index >= 15 is 0 Å². The molecule has 2 nitrogen and oxygen atoms in total. The predicted octanol–water partition coefficient (Wildman–Crippen LogP) is 4.19. The molecule has 1 saturated carbocycles. The summed E-state index contributed by atoms with van der Waals surface area (Å²) in [5, 5.41) is 10.8. The fourth-order valence-electron chi connectivity index (χ4n) is 2.88. The Morgan fingerprint density at radius 2 is 2.00 bits per heavy atom. The first-order valence-electron chi connectivity index (χ1n) is 7.53. The molecule has 1 aromatic carbocycles. The zero-order chi connectivity index (χ0) is 13.9. The Balaban J connectivity index is 2.29. The van der Waals surface area contributed by atoms with Gasteiger partial charge >= 0.3 is 0 Å². The lowest BCUT2D eigenvalue weighted by Crippen LogP contribution is -2.36. The zero-order valence-corrected chi connectivity index (χ0v) is 12.4. The fourth-order valence-corrected chi connectivity index (χ4v) is 2.88. The molecule has 1 aliphatic rings. The topological polar surface area (TPSA) is 29.5 Å². The van der Waals surface area contributed by atoms with Crippen LogP contribution in [0.25, 0.3) is 0 Å². The molecule has 1 N–H and O–H groups in total. The molecule has 0 saturated heterocycles. The van der Waals surface area contributed by atoms with Crippen LogP contribution in [0, 0.1) is 0 Å². The third-order valence-electron chi connectivity index (χ3n) is 4.59. The lowest BCUT2D eigenvalue weighted by molar-refractivity contribution is -0.113. The molecule has 0 radical (unpaired) electrons. The van der Waals surface area contributed by atoms with Gasteiger partial charge in [-0.25, -0.2) is 0 Å². The summed E-state index contributed by atoms with van der Waals surface area (Å²) in [6.45, 7) is 6.70. The van der Waals surface area contributed by atoms with Crippen LogP contribution in [0.2, 0.25) is 0 Å². The number of aliphatic hydroxyl groups excluding tert-OH is 1. The van der Waals surface area contributed by atoms with Gasteiger partial charge in [-0.15, -0.1) is 0 Å². The van der Waals surface area contributed by atoms with Gasteiger partial charge in [0.1, 0.15) is 6.10 Å². The Morgan fingerprint density at radius 1 is 1.32 bits per heavy atom. The van der Waals surface area contributed by atoms with E-state index in [-0.39, 0.29) is 0 Å². The predicted molar refractivity (Wildman–Crippen MR) is 78.3 cm³/mol. The molecule has 0 aromatic heterocycles. The average Bonchev–Trinajstić information content (AvgIpc) is 2.37. The number of hydrogen-bond donors (Lipinski definition) is 1. The van der Waals surface area contributed by atoms with Gasteiger partial charge in [-0.3, -0.25) is 0 Å². The highest BCUT2D eigenvalue weighted by molar-refractivity contribution is 5.34. The lowest BCUT2D eigenvalue weighted by atomic mass is 9.75. The molecule has 0 bridgehead atoms. The molecular weight excluding hydrogens is 236 g/mol. The van der Waals surface area contributed by atoms with Crippen LogP contribution in [-0.2, 0) is 4.74 Å². The smallest absolute Gasteiger partial charge is 0.108 e. The van der Waals surface area contributed by atoms with Crippen LogP contribution in [0.1, 0.15) is 69.6 Å². The summed E-state index contributed by atoms with van der Waals surface area (Å²) in [6.07, 6.45) is 4.07. The molecule has 0 aliphatic heterocycles. The third-order valence-corrected chi connectivity index (χ3v) is 4.59. The van der Waals surface area contributed by atoms with Crippen molar-refractivity contribution in [1.29, 1.82) is 0 Å². The SMILES string of the molecule is CCOC(C)(CC)C(O)c1ccccc1C1CCC1. The third kappa shape index (κ3) is 2.85. The minimum atomic E-state index is -0.547. The van der Waals surface area contributed by atoms with Gasteiger partial charge in [0.2, 0.25) is 0 Å². The minimum Gasteiger partial charge on any atom is -0.385 e. The van der Waals surface area contributed by atoms with E-state index in [1.165, 1.54) is 24.8 Å². The first kappa shape index (κ1) is 14.5. The second-order valence-corrected chi connectivity index (χ2v) is 5.76. The molecule has 1 fully saturated rings. The second-order valence-electron chi connectivity index (χ2n) is 5.76. The van der Waals surface area contributed by atoms with E-state index in [1.807, 2.05) is 19.9 Å². The van der Waals surface area contributed by atoms with Crippen molar-refractivity contribution < 1.29 is 9.84 Å². The molecule has 1 aromatic rings. The van der Waals surface area contributed by atoms with Crippen LogP contribution in [0.15, 0.2) is 24.3 Å². The summed E-state index contributed by atoms with van der Waals surface area (Å²) < 4.78 is 5.83. The highest BCUT2D eigenvalue weighted by Crippen LogP contribution is 2.42. The molecule has 106 valence electrons. The van der Waals surface area contributed by atoms with E-state index in [0.29, 0.717) is 12.5 Å². The minimum absolute atomic E-state index is 0.491. The average molecular weight is 262 g/mol. The van der Waals surface area contributed by atoms with Crippen molar-refractivity contribution in [2.75, 3.05) is 6.61 Å². The molecule has 0 heterocycles. The summed E-state index contributed by atoms with van der Waals surface area (Å²) in [7, 11) is 0. The molecule has 0 amide bonds. The van der Waals surface area contributed by atoms with E-state index in [1.54, 1.807) is 0 Å². The number of ether oxygens (including phenoxy) is 1. The number of rotatable bonds is 6. The van der Waals surface area contributed by atoms with Crippen molar-refractivity contribution in [3.63, 3.8) is 0 Å². The molecule has 0 spiro atoms. The van der Waals surface area contributed by atoms with E-state index < -0.39 is 11.7 Å². The molecule has 2 unspecified atom stereocenters. The molecular formula is C17H26O2. The zero-order valence-electron chi connectivity index (χ0n) is 12.4. The van der Waals surface area contributed by atoms with Crippen LogP contribution >= 0.6 is 0 Å². The molecule has 2 heteroatoms. The van der Waals surface area contributed by atoms with Crippen molar-refractivity contribution >= 4 is 0 Å². The number of hydrogen-bond acceptors (Lipinski definition) is 2. The molecule has 1 aliphatic carbocycles. The summed E-state index contributed by atoms with van der Waals surface area (Å²) in [5.41, 5.74) is 1.89. The van der Waals surface area contributed by atoms with E-state index in [0.717, 1.165) is 12.0 Å². The quantitative estimate of drug-likeness (QED) is 0.833. The first-order valence-corrected chi connectivity index (χ1v) is 7.53. The summed E-state index contributed by atoms with van der Waals surface area (Å²) in [4.78, 5) is 0. The molecule has 19 heavy (non-hydrogen) atoms. The van der Waals surface area contributed by atoms with E-state index in [2.05, 4.69) is 25.1 Å². The van der Waals surface area contributed by atoms with Gasteiger partial charge in [-0.2, -0.15) is 0 Å². The summed E-state index contributed by atoms with van der Waals surface area (Å²) in [6, 6.07) is 8.33. The number of aliphatic hydroxyl groups is 1. The Kier molecular flexibility index (Phi) is 4.64. The maximum absolute atomic E-state index is 10.8. The van der Waals surface area contributed by atoms with Gasteiger partial charge in [-0.1, -0.05) is 37.6 Å². The monoisotopic (exact) mass is 262 g/mol. The van der Waals surface area contributed by atoms with Crippen LogP contribution < -0.4 is 0 Å². The highest BCUT2D eigenvalue weighted by atomic mass is 16.5. The maximum Gasteiger partial charge on any atom is 0.108 e. The largest absolute Gasteiger partial charge is 0.385 e. The number of benzene rings is 1.